The monoisotopic (exact) mass is 315 g/mol. The highest BCUT2D eigenvalue weighted by atomic mass is 16.7. The van der Waals surface area contributed by atoms with Crippen LogP contribution in [0.25, 0.3) is 0 Å². The van der Waals surface area contributed by atoms with E-state index in [-0.39, 0.29) is 18.6 Å². The number of aromatic nitrogens is 2. The molecule has 1 atom stereocenters. The lowest BCUT2D eigenvalue weighted by Crippen LogP contribution is -2.31. The molecule has 0 bridgehead atoms. The minimum atomic E-state index is -0.709. The highest BCUT2D eigenvalue weighted by molar-refractivity contribution is 5.92. The maximum atomic E-state index is 12.2. The van der Waals surface area contributed by atoms with Gasteiger partial charge in [-0.05, 0) is 39.0 Å². The normalized spacial score (nSPS) is 13.5. The molecule has 1 aliphatic rings. The number of benzene rings is 1. The summed E-state index contributed by atoms with van der Waals surface area (Å²) in [6.07, 6.45) is -0.709. The second-order valence-corrected chi connectivity index (χ2v) is 5.24. The number of hydrogen-bond donors (Lipinski definition) is 1. The lowest BCUT2D eigenvalue weighted by atomic mass is 10.3. The van der Waals surface area contributed by atoms with Crippen LogP contribution in [0.5, 0.6) is 17.2 Å². The molecule has 23 heavy (non-hydrogen) atoms. The fourth-order valence-corrected chi connectivity index (χ4v) is 2.20. The molecular weight excluding hydrogens is 298 g/mol. The van der Waals surface area contributed by atoms with Gasteiger partial charge < -0.3 is 14.2 Å². The van der Waals surface area contributed by atoms with Crippen molar-refractivity contribution in [2.45, 2.75) is 26.9 Å². The molecule has 0 fully saturated rings. The van der Waals surface area contributed by atoms with Gasteiger partial charge in [0.05, 0.1) is 0 Å². The highest BCUT2D eigenvalue weighted by Crippen LogP contribution is 2.35. The summed E-state index contributed by atoms with van der Waals surface area (Å²) in [6.45, 7) is 5.54. The second-order valence-electron chi connectivity index (χ2n) is 5.24. The van der Waals surface area contributed by atoms with Crippen LogP contribution in [0.3, 0.4) is 0 Å². The SMILES string of the molecule is Cc1cc(C)nc(NC(=O)[C@@H](C)Oc2ccc3c(c2)OCO3)n1. The summed E-state index contributed by atoms with van der Waals surface area (Å²) in [5.74, 6) is 1.74. The van der Waals surface area contributed by atoms with E-state index >= 15 is 0 Å². The zero-order valence-corrected chi connectivity index (χ0v) is 13.1. The number of aryl methyl sites for hydroxylation is 2. The van der Waals surface area contributed by atoms with Gasteiger partial charge in [0.25, 0.3) is 5.91 Å². The minimum Gasteiger partial charge on any atom is -0.481 e. The molecule has 0 saturated carbocycles. The highest BCUT2D eigenvalue weighted by Gasteiger charge is 2.19. The van der Waals surface area contributed by atoms with Crippen LogP contribution in [0, 0.1) is 13.8 Å². The zero-order chi connectivity index (χ0) is 16.4. The van der Waals surface area contributed by atoms with Gasteiger partial charge in [-0.15, -0.1) is 0 Å². The predicted octanol–water partition coefficient (Wildman–Crippen LogP) is 2.23. The molecule has 1 aromatic carbocycles. The number of anilines is 1. The van der Waals surface area contributed by atoms with E-state index in [9.17, 15) is 4.79 Å². The van der Waals surface area contributed by atoms with Crippen LogP contribution in [0.4, 0.5) is 5.95 Å². The molecule has 1 amide bonds. The molecule has 120 valence electrons. The Bertz CT molecular complexity index is 728. The van der Waals surface area contributed by atoms with Gasteiger partial charge in [-0.1, -0.05) is 0 Å². The summed E-state index contributed by atoms with van der Waals surface area (Å²) in [5.41, 5.74) is 1.58. The third kappa shape index (κ3) is 3.50. The molecule has 7 nitrogen and oxygen atoms in total. The van der Waals surface area contributed by atoms with Crippen molar-refractivity contribution < 1.29 is 19.0 Å². The van der Waals surface area contributed by atoms with Crippen molar-refractivity contribution in [3.05, 3.63) is 35.7 Å². The average Bonchev–Trinajstić information content (AvgIpc) is 2.93. The molecular formula is C16H17N3O4. The van der Waals surface area contributed by atoms with Gasteiger partial charge in [-0.3, -0.25) is 10.1 Å². The first kappa shape index (κ1) is 15.1. The summed E-state index contributed by atoms with van der Waals surface area (Å²) in [7, 11) is 0. The lowest BCUT2D eigenvalue weighted by Gasteiger charge is -2.14. The number of amides is 1. The Labute approximate surface area is 133 Å². The molecule has 0 saturated heterocycles. The van der Waals surface area contributed by atoms with E-state index in [0.29, 0.717) is 17.2 Å². The Morgan fingerprint density at radius 1 is 1.17 bits per heavy atom. The summed E-state index contributed by atoms with van der Waals surface area (Å²) in [6, 6.07) is 7.00. The van der Waals surface area contributed by atoms with Gasteiger partial charge in [0.2, 0.25) is 12.7 Å². The topological polar surface area (TPSA) is 82.6 Å². The quantitative estimate of drug-likeness (QED) is 0.931. The second kappa shape index (κ2) is 6.12. The first-order chi connectivity index (χ1) is 11.0. The van der Waals surface area contributed by atoms with E-state index < -0.39 is 6.10 Å². The molecule has 1 aliphatic heterocycles. The van der Waals surface area contributed by atoms with Crippen molar-refractivity contribution in [2.24, 2.45) is 0 Å². The smallest absolute Gasteiger partial charge is 0.267 e. The number of fused-ring (bicyclic) bond motifs is 1. The fourth-order valence-electron chi connectivity index (χ4n) is 2.20. The Morgan fingerprint density at radius 3 is 2.61 bits per heavy atom. The Hall–Kier alpha value is -2.83. The minimum absolute atomic E-state index is 0.193. The standard InChI is InChI=1S/C16H17N3O4/c1-9-6-10(2)18-16(17-9)19-15(20)11(3)23-12-4-5-13-14(7-12)22-8-21-13/h4-7,11H,8H2,1-3H3,(H,17,18,19,20)/t11-/m1/s1. The zero-order valence-electron chi connectivity index (χ0n) is 13.1. The predicted molar refractivity (Wildman–Crippen MR) is 82.8 cm³/mol. The van der Waals surface area contributed by atoms with Crippen LogP contribution in [0.15, 0.2) is 24.3 Å². The van der Waals surface area contributed by atoms with E-state index in [1.807, 2.05) is 19.9 Å². The molecule has 2 aromatic rings. The van der Waals surface area contributed by atoms with Crippen LogP contribution in [-0.4, -0.2) is 28.8 Å². The van der Waals surface area contributed by atoms with Crippen molar-refractivity contribution in [1.82, 2.24) is 9.97 Å². The molecule has 0 spiro atoms. The Kier molecular flexibility index (Phi) is 4.01. The van der Waals surface area contributed by atoms with Gasteiger partial charge in [-0.2, -0.15) is 0 Å². The molecule has 2 heterocycles. The van der Waals surface area contributed by atoms with E-state index in [2.05, 4.69) is 15.3 Å². The summed E-state index contributed by atoms with van der Waals surface area (Å²) in [5, 5.41) is 2.65. The lowest BCUT2D eigenvalue weighted by molar-refractivity contribution is -0.122. The largest absolute Gasteiger partial charge is 0.481 e. The first-order valence-electron chi connectivity index (χ1n) is 7.21. The van der Waals surface area contributed by atoms with Gasteiger partial charge in [0, 0.05) is 17.5 Å². The number of nitrogens with one attached hydrogen (secondary N) is 1. The van der Waals surface area contributed by atoms with Crippen molar-refractivity contribution >= 4 is 11.9 Å². The number of hydrogen-bond acceptors (Lipinski definition) is 6. The maximum Gasteiger partial charge on any atom is 0.267 e. The van der Waals surface area contributed by atoms with Crippen LogP contribution in [0.1, 0.15) is 18.3 Å². The van der Waals surface area contributed by atoms with Crippen molar-refractivity contribution in [3.8, 4) is 17.2 Å². The van der Waals surface area contributed by atoms with Crippen LogP contribution >= 0.6 is 0 Å². The van der Waals surface area contributed by atoms with Gasteiger partial charge >= 0.3 is 0 Å². The average molecular weight is 315 g/mol. The number of ether oxygens (including phenoxy) is 3. The Balaban J connectivity index is 1.65. The molecule has 7 heteroatoms. The third-order valence-corrected chi connectivity index (χ3v) is 3.24. The van der Waals surface area contributed by atoms with Gasteiger partial charge in [0.1, 0.15) is 5.75 Å². The van der Waals surface area contributed by atoms with Crippen LogP contribution < -0.4 is 19.5 Å². The number of nitrogens with zero attached hydrogens (tertiary/aromatic N) is 2. The third-order valence-electron chi connectivity index (χ3n) is 3.24. The van der Waals surface area contributed by atoms with E-state index in [4.69, 9.17) is 14.2 Å². The molecule has 0 aliphatic carbocycles. The van der Waals surface area contributed by atoms with Crippen molar-refractivity contribution in [1.29, 1.82) is 0 Å². The van der Waals surface area contributed by atoms with E-state index in [1.165, 1.54) is 0 Å². The van der Waals surface area contributed by atoms with Gasteiger partial charge in [0.15, 0.2) is 17.6 Å². The summed E-state index contributed by atoms with van der Waals surface area (Å²) in [4.78, 5) is 20.6. The van der Waals surface area contributed by atoms with Crippen LogP contribution in [0.2, 0.25) is 0 Å². The molecule has 1 aromatic heterocycles. The van der Waals surface area contributed by atoms with Crippen molar-refractivity contribution in [2.75, 3.05) is 12.1 Å². The molecule has 3 rings (SSSR count). The Morgan fingerprint density at radius 2 is 1.87 bits per heavy atom. The van der Waals surface area contributed by atoms with E-state index in [1.54, 1.807) is 25.1 Å². The number of carbonyl (C=O) groups is 1. The number of carbonyl (C=O) groups excluding carboxylic acids is 1. The van der Waals surface area contributed by atoms with Crippen molar-refractivity contribution in [3.63, 3.8) is 0 Å². The van der Waals surface area contributed by atoms with E-state index in [0.717, 1.165) is 11.4 Å². The molecule has 0 unspecified atom stereocenters. The molecule has 0 radical (unpaired) electrons. The first-order valence-corrected chi connectivity index (χ1v) is 7.21. The molecule has 1 N–H and O–H groups in total. The summed E-state index contributed by atoms with van der Waals surface area (Å²) < 4.78 is 16.1. The number of rotatable bonds is 4. The maximum absolute atomic E-state index is 12.2. The summed E-state index contributed by atoms with van der Waals surface area (Å²) >= 11 is 0. The fraction of sp³-hybridized carbons (Fsp3) is 0.312. The van der Waals surface area contributed by atoms with Crippen LogP contribution in [-0.2, 0) is 4.79 Å². The van der Waals surface area contributed by atoms with Gasteiger partial charge in [-0.25, -0.2) is 9.97 Å².